The van der Waals surface area contributed by atoms with Crippen LogP contribution in [0, 0.1) is 0 Å². The predicted molar refractivity (Wildman–Crippen MR) is 127 cm³/mol. The normalized spacial score (nSPS) is 13.3. The summed E-state index contributed by atoms with van der Waals surface area (Å²) in [7, 11) is 0. The second-order valence-electron chi connectivity index (χ2n) is 8.02. The molecule has 1 fully saturated rings. The summed E-state index contributed by atoms with van der Waals surface area (Å²) in [5.74, 6) is -0.0715. The van der Waals surface area contributed by atoms with Gasteiger partial charge in [0.2, 0.25) is 0 Å². The fraction of sp³-hybridized carbons (Fsp3) is 0.148. The van der Waals surface area contributed by atoms with Gasteiger partial charge in [-0.15, -0.1) is 0 Å². The summed E-state index contributed by atoms with van der Waals surface area (Å²) in [6.45, 7) is 3.92. The summed E-state index contributed by atoms with van der Waals surface area (Å²) in [6.07, 6.45) is 0. The maximum atomic E-state index is 12.7. The van der Waals surface area contributed by atoms with Crippen molar-refractivity contribution in [3.8, 4) is 11.1 Å². The first-order chi connectivity index (χ1) is 15.2. The average molecular weight is 427 g/mol. The molecule has 1 amide bonds. The van der Waals surface area contributed by atoms with E-state index in [1.54, 1.807) is 0 Å². The van der Waals surface area contributed by atoms with Gasteiger partial charge in [0.1, 0.15) is 0 Å². The zero-order valence-corrected chi connectivity index (χ0v) is 17.9. The van der Waals surface area contributed by atoms with Crippen LogP contribution in [0.2, 0.25) is 5.02 Å². The van der Waals surface area contributed by atoms with E-state index < -0.39 is 0 Å². The van der Waals surface area contributed by atoms with Gasteiger partial charge < -0.3 is 5.32 Å². The Labute approximate surface area is 187 Å². The highest BCUT2D eigenvalue weighted by atomic mass is 35.5. The van der Waals surface area contributed by atoms with Gasteiger partial charge in [-0.1, -0.05) is 66.2 Å². The second-order valence-corrected chi connectivity index (χ2v) is 8.45. The van der Waals surface area contributed by atoms with Crippen LogP contribution in [-0.4, -0.2) is 23.9 Å². The molecule has 1 aliphatic heterocycles. The molecule has 0 saturated carbocycles. The third kappa shape index (κ3) is 4.63. The van der Waals surface area contributed by atoms with Crippen LogP contribution < -0.4 is 5.32 Å². The van der Waals surface area contributed by atoms with Gasteiger partial charge in [-0.2, -0.15) is 0 Å². The van der Waals surface area contributed by atoms with Gasteiger partial charge in [0.05, 0.1) is 0 Å². The molecule has 0 unspecified atom stereocenters. The Bertz CT molecular complexity index is 1230. The largest absolute Gasteiger partial charge is 0.348 e. The molecule has 5 rings (SSSR count). The maximum Gasteiger partial charge on any atom is 0.251 e. The molecule has 0 aliphatic carbocycles. The number of benzene rings is 4. The van der Waals surface area contributed by atoms with Crippen molar-refractivity contribution < 1.29 is 4.79 Å². The third-order valence-electron chi connectivity index (χ3n) is 5.75. The standard InChI is InChI=1S/C27H23ClN2O/c28-25-11-9-21(10-12-25)20-5-7-22(8-6-20)27(31)29-17-24-3-1-2-23-16-19(4-13-26(23)24)18-30-14-15-30/h1-13,16H,14-15,17-18H2,(H,29,31). The van der Waals surface area contributed by atoms with Crippen molar-refractivity contribution in [3.63, 3.8) is 0 Å². The van der Waals surface area contributed by atoms with Crippen LogP contribution in [0.3, 0.4) is 0 Å². The van der Waals surface area contributed by atoms with Gasteiger partial charge in [0.15, 0.2) is 0 Å². The molecular weight excluding hydrogens is 404 g/mol. The van der Waals surface area contributed by atoms with E-state index in [4.69, 9.17) is 11.6 Å². The Hall–Kier alpha value is -3.14. The van der Waals surface area contributed by atoms with E-state index in [1.165, 1.54) is 29.4 Å². The number of carbonyl (C=O) groups is 1. The number of hydrogen-bond donors (Lipinski definition) is 1. The van der Waals surface area contributed by atoms with Crippen LogP contribution in [0.5, 0.6) is 0 Å². The smallest absolute Gasteiger partial charge is 0.251 e. The van der Waals surface area contributed by atoms with E-state index in [0.29, 0.717) is 17.1 Å². The van der Waals surface area contributed by atoms with Crippen LogP contribution in [-0.2, 0) is 13.1 Å². The third-order valence-corrected chi connectivity index (χ3v) is 6.00. The van der Waals surface area contributed by atoms with E-state index in [9.17, 15) is 4.79 Å². The zero-order chi connectivity index (χ0) is 21.2. The number of carbonyl (C=O) groups excluding carboxylic acids is 1. The molecule has 0 spiro atoms. The molecule has 0 bridgehead atoms. The number of halogens is 1. The predicted octanol–water partition coefficient (Wildman–Crippen LogP) is 5.91. The summed E-state index contributed by atoms with van der Waals surface area (Å²) in [4.78, 5) is 15.1. The van der Waals surface area contributed by atoms with Crippen molar-refractivity contribution in [1.29, 1.82) is 0 Å². The van der Waals surface area contributed by atoms with E-state index in [0.717, 1.165) is 23.2 Å². The summed E-state index contributed by atoms with van der Waals surface area (Å²) in [6, 6.07) is 28.3. The van der Waals surface area contributed by atoms with Gasteiger partial charge in [0.25, 0.3) is 5.91 Å². The first-order valence-electron chi connectivity index (χ1n) is 10.5. The quantitative estimate of drug-likeness (QED) is 0.389. The van der Waals surface area contributed by atoms with Crippen molar-refractivity contribution in [2.75, 3.05) is 13.1 Å². The number of nitrogens with zero attached hydrogens (tertiary/aromatic N) is 1. The van der Waals surface area contributed by atoms with Gasteiger partial charge in [-0.25, -0.2) is 0 Å². The number of rotatable bonds is 6. The van der Waals surface area contributed by atoms with Gasteiger partial charge >= 0.3 is 0 Å². The molecule has 1 saturated heterocycles. The number of hydrogen-bond acceptors (Lipinski definition) is 2. The fourth-order valence-electron chi connectivity index (χ4n) is 3.87. The summed E-state index contributed by atoms with van der Waals surface area (Å²) < 4.78 is 0. The van der Waals surface area contributed by atoms with Gasteiger partial charge in [-0.05, 0) is 63.4 Å². The Morgan fingerprint density at radius 2 is 1.58 bits per heavy atom. The van der Waals surface area contributed by atoms with E-state index in [1.807, 2.05) is 48.5 Å². The monoisotopic (exact) mass is 426 g/mol. The molecule has 3 nitrogen and oxygen atoms in total. The molecule has 1 heterocycles. The second kappa shape index (κ2) is 8.54. The van der Waals surface area contributed by atoms with Crippen LogP contribution in [0.25, 0.3) is 21.9 Å². The average Bonchev–Trinajstić information content (AvgIpc) is 3.62. The molecule has 0 atom stereocenters. The summed E-state index contributed by atoms with van der Waals surface area (Å²) in [5, 5.41) is 6.19. The van der Waals surface area contributed by atoms with E-state index >= 15 is 0 Å². The lowest BCUT2D eigenvalue weighted by Gasteiger charge is -2.11. The van der Waals surface area contributed by atoms with Crippen LogP contribution >= 0.6 is 11.6 Å². The number of amides is 1. The van der Waals surface area contributed by atoms with Gasteiger partial charge in [0, 0.05) is 36.8 Å². The zero-order valence-electron chi connectivity index (χ0n) is 17.1. The van der Waals surface area contributed by atoms with E-state index in [2.05, 4.69) is 46.6 Å². The van der Waals surface area contributed by atoms with Crippen LogP contribution in [0.15, 0.2) is 84.9 Å². The maximum absolute atomic E-state index is 12.7. The molecule has 4 aromatic rings. The molecule has 0 radical (unpaired) electrons. The minimum Gasteiger partial charge on any atom is -0.348 e. The molecule has 1 aliphatic rings. The van der Waals surface area contributed by atoms with Crippen LogP contribution in [0.4, 0.5) is 0 Å². The van der Waals surface area contributed by atoms with Crippen LogP contribution in [0.1, 0.15) is 21.5 Å². The minimum absolute atomic E-state index is 0.0715. The van der Waals surface area contributed by atoms with E-state index in [-0.39, 0.29) is 5.91 Å². The van der Waals surface area contributed by atoms with Gasteiger partial charge in [-0.3, -0.25) is 9.69 Å². The molecule has 31 heavy (non-hydrogen) atoms. The van der Waals surface area contributed by atoms with Crippen molar-refractivity contribution in [3.05, 3.63) is 107 Å². The molecule has 154 valence electrons. The van der Waals surface area contributed by atoms with Crippen molar-refractivity contribution in [2.45, 2.75) is 13.1 Å². The Morgan fingerprint density at radius 3 is 2.29 bits per heavy atom. The minimum atomic E-state index is -0.0715. The SMILES string of the molecule is O=C(NCc1cccc2cc(CN3CC3)ccc12)c1ccc(-c2ccc(Cl)cc2)cc1. The Morgan fingerprint density at radius 1 is 0.871 bits per heavy atom. The number of fused-ring (bicyclic) bond motifs is 1. The molecule has 4 heteroatoms. The lowest BCUT2D eigenvalue weighted by atomic mass is 10.0. The summed E-state index contributed by atoms with van der Waals surface area (Å²) in [5.41, 5.74) is 5.25. The van der Waals surface area contributed by atoms with Crippen molar-refractivity contribution >= 4 is 28.3 Å². The lowest BCUT2D eigenvalue weighted by molar-refractivity contribution is 0.0951. The van der Waals surface area contributed by atoms with Crippen molar-refractivity contribution in [1.82, 2.24) is 10.2 Å². The first kappa shape index (κ1) is 19.8. The highest BCUT2D eigenvalue weighted by Gasteiger charge is 2.17. The summed E-state index contributed by atoms with van der Waals surface area (Å²) >= 11 is 5.96. The number of nitrogens with one attached hydrogen (secondary N) is 1. The van der Waals surface area contributed by atoms with Crippen molar-refractivity contribution in [2.24, 2.45) is 0 Å². The topological polar surface area (TPSA) is 32.1 Å². The highest BCUT2D eigenvalue weighted by molar-refractivity contribution is 6.30. The Kier molecular flexibility index (Phi) is 5.46. The first-order valence-corrected chi connectivity index (χ1v) is 10.9. The molecule has 1 N–H and O–H groups in total. The highest BCUT2D eigenvalue weighted by Crippen LogP contribution is 2.24. The molecule has 0 aromatic heterocycles. The molecule has 4 aromatic carbocycles. The molecular formula is C27H23ClN2O. The Balaban J connectivity index is 1.27. The lowest BCUT2D eigenvalue weighted by Crippen LogP contribution is -2.22. The fourth-order valence-corrected chi connectivity index (χ4v) is 4.00.